The number of ether oxygens (including phenoxy) is 1. The molecule has 2 bridgehead atoms. The van der Waals surface area contributed by atoms with Crippen LogP contribution in [0, 0.1) is 5.92 Å². The van der Waals surface area contributed by atoms with Crippen molar-refractivity contribution in [2.24, 2.45) is 5.92 Å². The van der Waals surface area contributed by atoms with E-state index in [1.54, 1.807) is 0 Å². The summed E-state index contributed by atoms with van der Waals surface area (Å²) < 4.78 is 5.97. The largest absolute Gasteiger partial charge is 0.492 e. The molecule has 4 heteroatoms. The Labute approximate surface area is 150 Å². The highest BCUT2D eigenvalue weighted by molar-refractivity contribution is 5.20. The second-order valence-corrected chi connectivity index (χ2v) is 7.20. The maximum absolute atomic E-state index is 5.97. The fraction of sp³-hybridized carbons (Fsp3) is 0.476. The van der Waals surface area contributed by atoms with E-state index in [4.69, 9.17) is 4.74 Å². The monoisotopic (exact) mass is 337 g/mol. The van der Waals surface area contributed by atoms with Gasteiger partial charge in [-0.2, -0.15) is 0 Å². The van der Waals surface area contributed by atoms with Gasteiger partial charge in [-0.3, -0.25) is 9.88 Å². The Morgan fingerprint density at radius 1 is 1.08 bits per heavy atom. The first-order valence-corrected chi connectivity index (χ1v) is 9.41. The number of para-hydroxylation sites is 1. The van der Waals surface area contributed by atoms with E-state index in [1.165, 1.54) is 38.0 Å². The summed E-state index contributed by atoms with van der Waals surface area (Å²) in [6.45, 7) is 6.41. The van der Waals surface area contributed by atoms with Crippen molar-refractivity contribution in [1.29, 1.82) is 0 Å². The second-order valence-electron chi connectivity index (χ2n) is 7.20. The topological polar surface area (TPSA) is 28.6 Å². The number of hydrogen-bond acceptors (Lipinski definition) is 4. The number of piperidine rings is 3. The predicted molar refractivity (Wildman–Crippen MR) is 99.5 cm³/mol. The van der Waals surface area contributed by atoms with Gasteiger partial charge in [0.2, 0.25) is 0 Å². The number of pyridine rings is 1. The first-order chi connectivity index (χ1) is 12.4. The molecule has 3 fully saturated rings. The summed E-state index contributed by atoms with van der Waals surface area (Å²) in [4.78, 5) is 9.54. The predicted octanol–water partition coefficient (Wildman–Crippen LogP) is 3.06. The number of fused-ring (bicyclic) bond motifs is 3. The molecule has 1 aromatic heterocycles. The van der Waals surface area contributed by atoms with Gasteiger partial charge in [0.15, 0.2) is 0 Å². The minimum atomic E-state index is 0.641. The van der Waals surface area contributed by atoms with Crippen LogP contribution in [0.1, 0.15) is 18.4 Å². The van der Waals surface area contributed by atoms with Crippen molar-refractivity contribution in [2.75, 3.05) is 32.8 Å². The van der Waals surface area contributed by atoms with Gasteiger partial charge in [-0.15, -0.1) is 0 Å². The fourth-order valence-corrected chi connectivity index (χ4v) is 4.23. The average molecular weight is 337 g/mol. The smallest absolute Gasteiger partial charge is 0.119 e. The summed E-state index contributed by atoms with van der Waals surface area (Å²) in [5.74, 6) is 1.79. The molecule has 132 valence electrons. The number of nitrogens with zero attached hydrogens (tertiary/aromatic N) is 3. The van der Waals surface area contributed by atoms with E-state index in [9.17, 15) is 0 Å². The molecule has 4 heterocycles. The molecular weight excluding hydrogens is 310 g/mol. The van der Waals surface area contributed by atoms with Crippen LogP contribution in [0.25, 0.3) is 0 Å². The van der Waals surface area contributed by atoms with E-state index in [2.05, 4.69) is 20.9 Å². The third kappa shape index (κ3) is 4.20. The van der Waals surface area contributed by atoms with Crippen LogP contribution in [0.2, 0.25) is 0 Å². The summed E-state index contributed by atoms with van der Waals surface area (Å²) in [7, 11) is 0. The normalized spacial score (nSPS) is 25.2. The van der Waals surface area contributed by atoms with Crippen LogP contribution >= 0.6 is 0 Å². The maximum Gasteiger partial charge on any atom is 0.119 e. The van der Waals surface area contributed by atoms with Crippen molar-refractivity contribution in [1.82, 2.24) is 14.8 Å². The Kier molecular flexibility index (Phi) is 5.28. The van der Waals surface area contributed by atoms with Gasteiger partial charge in [0, 0.05) is 38.1 Å². The van der Waals surface area contributed by atoms with Crippen LogP contribution in [0.5, 0.6) is 5.75 Å². The van der Waals surface area contributed by atoms with Gasteiger partial charge in [-0.05, 0) is 55.6 Å². The highest BCUT2D eigenvalue weighted by atomic mass is 16.5. The lowest BCUT2D eigenvalue weighted by Gasteiger charge is -2.49. The Hall–Kier alpha value is -1.91. The molecule has 3 aliphatic rings. The van der Waals surface area contributed by atoms with Gasteiger partial charge in [-0.1, -0.05) is 24.3 Å². The van der Waals surface area contributed by atoms with Crippen LogP contribution in [0.4, 0.5) is 0 Å². The van der Waals surface area contributed by atoms with Gasteiger partial charge < -0.3 is 9.64 Å². The number of aromatic nitrogens is 1. The van der Waals surface area contributed by atoms with Gasteiger partial charge in [0.1, 0.15) is 12.4 Å². The fourth-order valence-electron chi connectivity index (χ4n) is 4.23. The summed E-state index contributed by atoms with van der Waals surface area (Å²) in [5, 5.41) is 0. The number of hydrogen-bond donors (Lipinski definition) is 0. The molecule has 0 N–H and O–H groups in total. The molecule has 3 aliphatic heterocycles. The first kappa shape index (κ1) is 16.6. The van der Waals surface area contributed by atoms with Crippen molar-refractivity contribution < 1.29 is 4.74 Å². The van der Waals surface area contributed by atoms with Crippen molar-refractivity contribution in [3.63, 3.8) is 0 Å². The lowest BCUT2D eigenvalue weighted by Crippen LogP contribution is -2.57. The second kappa shape index (κ2) is 7.98. The third-order valence-electron chi connectivity index (χ3n) is 5.59. The van der Waals surface area contributed by atoms with E-state index in [0.717, 1.165) is 31.4 Å². The molecule has 0 amide bonds. The molecule has 0 spiro atoms. The van der Waals surface area contributed by atoms with Gasteiger partial charge >= 0.3 is 0 Å². The Balaban J connectivity index is 1.42. The summed E-state index contributed by atoms with van der Waals surface area (Å²) >= 11 is 0. The van der Waals surface area contributed by atoms with Crippen molar-refractivity contribution in [3.8, 4) is 5.75 Å². The minimum Gasteiger partial charge on any atom is -0.492 e. The van der Waals surface area contributed by atoms with E-state index in [0.29, 0.717) is 6.04 Å². The zero-order chi connectivity index (χ0) is 16.9. The molecule has 0 saturated carbocycles. The molecule has 1 unspecified atom stereocenters. The van der Waals surface area contributed by atoms with E-state index in [-0.39, 0.29) is 0 Å². The highest BCUT2D eigenvalue weighted by Crippen LogP contribution is 2.31. The van der Waals surface area contributed by atoms with Crippen LogP contribution in [0.3, 0.4) is 0 Å². The van der Waals surface area contributed by atoms with Crippen molar-refractivity contribution >= 4 is 0 Å². The minimum absolute atomic E-state index is 0.641. The van der Waals surface area contributed by atoms with Gasteiger partial charge in [0.05, 0.1) is 0 Å². The molecule has 4 nitrogen and oxygen atoms in total. The van der Waals surface area contributed by atoms with E-state index >= 15 is 0 Å². The van der Waals surface area contributed by atoms with Gasteiger partial charge in [0.25, 0.3) is 0 Å². The van der Waals surface area contributed by atoms with Crippen molar-refractivity contribution in [2.45, 2.75) is 25.4 Å². The Bertz CT molecular complexity index is 641. The van der Waals surface area contributed by atoms with Crippen LogP contribution in [0.15, 0.2) is 54.9 Å². The third-order valence-corrected chi connectivity index (χ3v) is 5.59. The molecule has 0 radical (unpaired) electrons. The van der Waals surface area contributed by atoms with Crippen LogP contribution in [-0.2, 0) is 6.54 Å². The molecule has 0 aliphatic carbocycles. The Morgan fingerprint density at radius 2 is 1.92 bits per heavy atom. The molecule has 5 rings (SSSR count). The van der Waals surface area contributed by atoms with Crippen molar-refractivity contribution in [3.05, 3.63) is 60.4 Å². The first-order valence-electron chi connectivity index (χ1n) is 9.41. The zero-order valence-electron chi connectivity index (χ0n) is 14.8. The van der Waals surface area contributed by atoms with Crippen LogP contribution in [-0.4, -0.2) is 53.6 Å². The summed E-state index contributed by atoms with van der Waals surface area (Å²) in [5.41, 5.74) is 1.29. The van der Waals surface area contributed by atoms with E-state index in [1.807, 2.05) is 48.8 Å². The maximum atomic E-state index is 5.97. The summed E-state index contributed by atoms with van der Waals surface area (Å²) in [6.07, 6.45) is 6.52. The molecule has 3 saturated heterocycles. The zero-order valence-corrected chi connectivity index (χ0v) is 14.8. The highest BCUT2D eigenvalue weighted by Gasteiger charge is 2.37. The van der Waals surface area contributed by atoms with Gasteiger partial charge in [-0.25, -0.2) is 0 Å². The molecule has 1 aromatic carbocycles. The van der Waals surface area contributed by atoms with E-state index < -0.39 is 0 Å². The lowest BCUT2D eigenvalue weighted by atomic mass is 9.83. The molecule has 2 aromatic rings. The Morgan fingerprint density at radius 3 is 2.60 bits per heavy atom. The standard InChI is InChI=1S/C21H27N3O/c1-2-6-20(7-3-1)25-14-13-24(16-18-5-4-10-22-15-18)21-17-23-11-8-19(21)9-12-23/h1-7,10,15,19,21H,8-9,11-14,16-17H2. The average Bonchev–Trinajstić information content (AvgIpc) is 2.70. The number of rotatable bonds is 7. The summed E-state index contributed by atoms with van der Waals surface area (Å²) in [6, 6.07) is 15.0. The SMILES string of the molecule is c1ccc(OCCN(Cc2cccnc2)C2CN3CCC2CC3)cc1. The molecule has 1 atom stereocenters. The molecular formula is C21H27N3O. The number of benzene rings is 1. The lowest BCUT2D eigenvalue weighted by molar-refractivity contribution is -0.00343. The van der Waals surface area contributed by atoms with Crippen LogP contribution < -0.4 is 4.74 Å². The molecule has 25 heavy (non-hydrogen) atoms. The quantitative estimate of drug-likeness (QED) is 0.776.